The zero-order chi connectivity index (χ0) is 21.8. The highest BCUT2D eigenvalue weighted by atomic mass is 32.2. The minimum absolute atomic E-state index is 0.239. The number of carbonyl (C=O) groups excluding carboxylic acids is 2. The summed E-state index contributed by atoms with van der Waals surface area (Å²) in [6.07, 6.45) is -4.22. The van der Waals surface area contributed by atoms with Gasteiger partial charge in [-0.15, -0.1) is 0 Å². The number of carbonyl (C=O) groups is 2. The van der Waals surface area contributed by atoms with E-state index < -0.39 is 49.7 Å². The topological polar surface area (TPSA) is 101 Å². The van der Waals surface area contributed by atoms with Gasteiger partial charge in [-0.2, -0.15) is 18.4 Å². The molecular weight excluding hydrogens is 411 g/mol. The Kier molecular flexibility index (Phi) is 6.44. The number of Topliss-reactive ketones (excluding diaryl/α,β-unsaturated/α-hetero) is 1. The number of benzene rings is 2. The van der Waals surface area contributed by atoms with Crippen molar-refractivity contribution in [2.75, 3.05) is 6.26 Å². The molecule has 29 heavy (non-hydrogen) atoms. The first-order chi connectivity index (χ1) is 13.4. The lowest BCUT2D eigenvalue weighted by Gasteiger charge is -2.14. The van der Waals surface area contributed by atoms with E-state index >= 15 is 0 Å². The molecule has 2 aromatic carbocycles. The van der Waals surface area contributed by atoms with E-state index in [4.69, 9.17) is 4.74 Å². The van der Waals surface area contributed by atoms with E-state index in [0.29, 0.717) is 30.0 Å². The van der Waals surface area contributed by atoms with Crippen molar-refractivity contribution < 1.29 is 35.9 Å². The predicted molar refractivity (Wildman–Crippen MR) is 94.2 cm³/mol. The fourth-order valence-electron chi connectivity index (χ4n) is 2.39. The van der Waals surface area contributed by atoms with E-state index in [1.807, 2.05) is 0 Å². The van der Waals surface area contributed by atoms with Crippen LogP contribution in [0.1, 0.15) is 21.5 Å². The average Bonchev–Trinajstić information content (AvgIpc) is 2.65. The molecule has 0 bridgehead atoms. The second-order valence-corrected chi connectivity index (χ2v) is 7.98. The number of hydrogen-bond acceptors (Lipinski definition) is 6. The zero-order valence-corrected chi connectivity index (χ0v) is 15.8. The smallest absolute Gasteiger partial charge is 0.416 e. The number of nitriles is 1. The highest BCUT2D eigenvalue weighted by Crippen LogP contribution is 2.32. The first-order valence-electron chi connectivity index (χ1n) is 8.01. The maximum absolute atomic E-state index is 12.9. The van der Waals surface area contributed by atoms with Gasteiger partial charge in [-0.1, -0.05) is 30.3 Å². The lowest BCUT2D eigenvalue weighted by Crippen LogP contribution is -2.26. The fraction of sp³-hybridized carbons (Fsp3) is 0.211. The van der Waals surface area contributed by atoms with Gasteiger partial charge in [-0.3, -0.25) is 9.59 Å². The Morgan fingerprint density at radius 3 is 2.28 bits per heavy atom. The van der Waals surface area contributed by atoms with Crippen molar-refractivity contribution in [3.63, 3.8) is 0 Å². The van der Waals surface area contributed by atoms with Crippen LogP contribution in [0.3, 0.4) is 0 Å². The van der Waals surface area contributed by atoms with Crippen LogP contribution in [0.4, 0.5) is 13.2 Å². The Morgan fingerprint density at radius 1 is 1.14 bits per heavy atom. The van der Waals surface area contributed by atoms with Crippen molar-refractivity contribution >= 4 is 21.6 Å². The van der Waals surface area contributed by atoms with Crippen molar-refractivity contribution in [1.29, 1.82) is 5.26 Å². The predicted octanol–water partition coefficient (Wildman–Crippen LogP) is 3.17. The normalized spacial score (nSPS) is 12.7. The summed E-state index contributed by atoms with van der Waals surface area (Å²) in [5, 5.41) is 9.20. The number of ether oxygens (including phenoxy) is 1. The first kappa shape index (κ1) is 22.1. The summed E-state index contributed by atoms with van der Waals surface area (Å²) >= 11 is 0. The molecule has 0 spiro atoms. The highest BCUT2D eigenvalue weighted by Gasteiger charge is 2.36. The summed E-state index contributed by atoms with van der Waals surface area (Å²) in [5.74, 6) is -4.53. The van der Waals surface area contributed by atoms with E-state index in [-0.39, 0.29) is 6.61 Å². The second-order valence-electron chi connectivity index (χ2n) is 6.00. The van der Waals surface area contributed by atoms with Crippen molar-refractivity contribution in [1.82, 2.24) is 0 Å². The van der Waals surface area contributed by atoms with Gasteiger partial charge in [0.05, 0.1) is 16.5 Å². The number of halogens is 3. The Hall–Kier alpha value is -3.19. The van der Waals surface area contributed by atoms with Gasteiger partial charge in [0, 0.05) is 11.8 Å². The molecule has 0 saturated heterocycles. The number of alkyl halides is 3. The average molecular weight is 425 g/mol. The quantitative estimate of drug-likeness (QED) is 0.400. The monoisotopic (exact) mass is 425 g/mol. The molecule has 2 aromatic rings. The van der Waals surface area contributed by atoms with Gasteiger partial charge in [0.25, 0.3) is 0 Å². The molecule has 0 aliphatic heterocycles. The molecule has 0 aliphatic carbocycles. The SMILES string of the molecule is CS(=O)(=O)c1cc(C(F)(F)F)ccc1C(=O)C(C#N)C(=O)OCc1ccccc1. The van der Waals surface area contributed by atoms with Crippen LogP contribution in [0.2, 0.25) is 0 Å². The molecule has 0 fully saturated rings. The van der Waals surface area contributed by atoms with Crippen LogP contribution < -0.4 is 0 Å². The van der Waals surface area contributed by atoms with E-state index in [0.717, 1.165) is 0 Å². The van der Waals surface area contributed by atoms with Gasteiger partial charge >= 0.3 is 12.1 Å². The number of rotatable bonds is 6. The summed E-state index contributed by atoms with van der Waals surface area (Å²) in [6.45, 7) is -0.239. The third-order valence-electron chi connectivity index (χ3n) is 3.82. The molecule has 0 amide bonds. The van der Waals surface area contributed by atoms with Crippen molar-refractivity contribution in [2.45, 2.75) is 17.7 Å². The highest BCUT2D eigenvalue weighted by molar-refractivity contribution is 7.90. The molecule has 0 heterocycles. The number of ketones is 1. The summed E-state index contributed by atoms with van der Waals surface area (Å²) in [7, 11) is -4.27. The minimum Gasteiger partial charge on any atom is -0.459 e. The number of sulfone groups is 1. The maximum Gasteiger partial charge on any atom is 0.416 e. The van der Waals surface area contributed by atoms with Gasteiger partial charge in [-0.05, 0) is 23.8 Å². The molecule has 1 atom stereocenters. The largest absolute Gasteiger partial charge is 0.459 e. The van der Waals surface area contributed by atoms with E-state index in [2.05, 4.69) is 0 Å². The van der Waals surface area contributed by atoms with Crippen LogP contribution in [-0.4, -0.2) is 26.4 Å². The van der Waals surface area contributed by atoms with Gasteiger partial charge in [0.15, 0.2) is 15.6 Å². The molecule has 0 aliphatic rings. The summed E-state index contributed by atoms with van der Waals surface area (Å²) in [4.78, 5) is 23.8. The van der Waals surface area contributed by atoms with Gasteiger partial charge in [0.1, 0.15) is 6.61 Å². The van der Waals surface area contributed by atoms with Crippen LogP contribution in [0.25, 0.3) is 0 Å². The maximum atomic E-state index is 12.9. The van der Waals surface area contributed by atoms with Crippen molar-refractivity contribution in [2.24, 2.45) is 5.92 Å². The Bertz CT molecular complexity index is 1070. The molecule has 152 valence electrons. The molecule has 10 heteroatoms. The van der Waals surface area contributed by atoms with Crippen LogP contribution in [0.15, 0.2) is 53.4 Å². The van der Waals surface area contributed by atoms with Crippen molar-refractivity contribution in [3.05, 3.63) is 65.2 Å². The minimum atomic E-state index is -4.84. The molecule has 0 radical (unpaired) electrons. The van der Waals surface area contributed by atoms with E-state index in [1.165, 1.54) is 6.07 Å². The fourth-order valence-corrected chi connectivity index (χ4v) is 3.30. The molecule has 0 aromatic heterocycles. The van der Waals surface area contributed by atoms with E-state index in [1.54, 1.807) is 30.3 Å². The van der Waals surface area contributed by atoms with E-state index in [9.17, 15) is 36.4 Å². The van der Waals surface area contributed by atoms with Crippen molar-refractivity contribution in [3.8, 4) is 6.07 Å². The van der Waals surface area contributed by atoms with Gasteiger partial charge in [-0.25, -0.2) is 8.42 Å². The zero-order valence-electron chi connectivity index (χ0n) is 14.9. The second kappa shape index (κ2) is 8.45. The number of nitrogens with zero attached hydrogens (tertiary/aromatic N) is 1. The van der Waals surface area contributed by atoms with Crippen LogP contribution in [0, 0.1) is 17.2 Å². The molecule has 2 rings (SSSR count). The van der Waals surface area contributed by atoms with Gasteiger partial charge in [0.2, 0.25) is 5.92 Å². The summed E-state index contributed by atoms with van der Waals surface area (Å²) in [6, 6.07) is 11.2. The summed E-state index contributed by atoms with van der Waals surface area (Å²) in [5.41, 5.74) is -1.39. The molecule has 0 saturated carbocycles. The van der Waals surface area contributed by atoms with Crippen LogP contribution in [-0.2, 0) is 32.2 Å². The Balaban J connectivity index is 2.35. The standard InChI is InChI=1S/C19H14F3NO5S/c1-29(26,27)16-9-13(19(20,21)22)7-8-14(16)17(24)15(10-23)18(25)28-11-12-5-3-2-4-6-12/h2-9,15H,11H2,1H3. The third kappa shape index (κ3) is 5.42. The molecule has 1 unspecified atom stereocenters. The number of esters is 1. The summed E-state index contributed by atoms with van der Waals surface area (Å²) < 4.78 is 67.4. The Labute approximate surface area is 164 Å². The van der Waals surface area contributed by atoms with Crippen LogP contribution in [0.5, 0.6) is 0 Å². The first-order valence-corrected chi connectivity index (χ1v) is 9.90. The molecular formula is C19H14F3NO5S. The molecule has 0 N–H and O–H groups in total. The van der Waals surface area contributed by atoms with Crippen LogP contribution >= 0.6 is 0 Å². The molecule has 6 nitrogen and oxygen atoms in total. The lowest BCUT2D eigenvalue weighted by molar-refractivity contribution is -0.146. The third-order valence-corrected chi connectivity index (χ3v) is 4.96. The Morgan fingerprint density at radius 2 is 1.76 bits per heavy atom. The number of hydrogen-bond donors (Lipinski definition) is 0. The van der Waals surface area contributed by atoms with Gasteiger partial charge < -0.3 is 4.74 Å². The lowest BCUT2D eigenvalue weighted by atomic mass is 9.97.